The van der Waals surface area contributed by atoms with Gasteiger partial charge in [0.15, 0.2) is 0 Å². The van der Waals surface area contributed by atoms with E-state index >= 15 is 0 Å². The van der Waals surface area contributed by atoms with Gasteiger partial charge in [-0.1, -0.05) is 13.8 Å². The summed E-state index contributed by atoms with van der Waals surface area (Å²) < 4.78 is 5.44. The van der Waals surface area contributed by atoms with Crippen molar-refractivity contribution in [2.45, 2.75) is 33.6 Å². The van der Waals surface area contributed by atoms with Gasteiger partial charge in [0.2, 0.25) is 0 Å². The summed E-state index contributed by atoms with van der Waals surface area (Å²) in [6.45, 7) is 6.18. The Morgan fingerprint density at radius 1 is 1.43 bits per heavy atom. The fraction of sp³-hybridized carbons (Fsp3) is 0.583. The highest BCUT2D eigenvalue weighted by molar-refractivity contribution is 5.54. The predicted octanol–water partition coefficient (Wildman–Crippen LogP) is 2.99. The Hall–Kier alpha value is -1.05. The second kappa shape index (κ2) is 4.99. The lowest BCUT2D eigenvalue weighted by atomic mass is 9.95. The highest BCUT2D eigenvalue weighted by Gasteiger charge is 2.12. The zero-order valence-corrected chi connectivity index (χ0v) is 9.12. The van der Waals surface area contributed by atoms with Crippen LogP contribution in [0.4, 0.5) is 0 Å². The molecule has 0 fully saturated rings. The molecule has 0 saturated heterocycles. The zero-order chi connectivity index (χ0) is 10.6. The van der Waals surface area contributed by atoms with Crippen molar-refractivity contribution in [1.29, 1.82) is 0 Å². The van der Waals surface area contributed by atoms with Crippen molar-refractivity contribution in [3.05, 3.63) is 23.7 Å². The van der Waals surface area contributed by atoms with E-state index in [-0.39, 0.29) is 5.92 Å². The normalized spacial score (nSPS) is 13.1. The van der Waals surface area contributed by atoms with Crippen LogP contribution in [0.25, 0.3) is 0 Å². The largest absolute Gasteiger partial charge is 0.466 e. The molecule has 0 amide bonds. The van der Waals surface area contributed by atoms with E-state index in [0.717, 1.165) is 30.6 Å². The summed E-state index contributed by atoms with van der Waals surface area (Å²) >= 11 is 0. The topological polar surface area (TPSA) is 30.2 Å². The first kappa shape index (κ1) is 11.0. The number of furan rings is 1. The molecule has 1 rings (SSSR count). The second-order valence-corrected chi connectivity index (χ2v) is 4.24. The lowest BCUT2D eigenvalue weighted by Gasteiger charge is -2.10. The maximum absolute atomic E-state index is 10.8. The number of aldehydes is 1. The first-order chi connectivity index (χ1) is 6.61. The lowest BCUT2D eigenvalue weighted by Crippen LogP contribution is -2.08. The Labute approximate surface area is 85.3 Å². The van der Waals surface area contributed by atoms with Crippen LogP contribution in [0.5, 0.6) is 0 Å². The fourth-order valence-corrected chi connectivity index (χ4v) is 1.65. The number of rotatable bonds is 5. The van der Waals surface area contributed by atoms with Crippen molar-refractivity contribution in [3.8, 4) is 0 Å². The summed E-state index contributed by atoms with van der Waals surface area (Å²) in [5, 5.41) is 0. The van der Waals surface area contributed by atoms with Crippen LogP contribution in [0, 0.1) is 18.8 Å². The molecule has 1 aromatic rings. The molecule has 1 heterocycles. The first-order valence-corrected chi connectivity index (χ1v) is 5.12. The van der Waals surface area contributed by atoms with E-state index in [1.54, 1.807) is 0 Å². The molecule has 2 heteroatoms. The molecule has 0 spiro atoms. The quantitative estimate of drug-likeness (QED) is 0.674. The molecule has 1 atom stereocenters. The highest BCUT2D eigenvalue weighted by Crippen LogP contribution is 2.17. The summed E-state index contributed by atoms with van der Waals surface area (Å²) in [4.78, 5) is 10.8. The van der Waals surface area contributed by atoms with Gasteiger partial charge < -0.3 is 9.21 Å². The van der Waals surface area contributed by atoms with Crippen molar-refractivity contribution >= 4 is 6.29 Å². The van der Waals surface area contributed by atoms with Crippen LogP contribution < -0.4 is 0 Å². The van der Waals surface area contributed by atoms with E-state index in [0.29, 0.717) is 5.92 Å². The SMILES string of the molecule is Cc1ccc(CC(C=O)CC(C)C)o1. The molecule has 0 saturated carbocycles. The molecule has 0 aliphatic rings. The minimum Gasteiger partial charge on any atom is -0.466 e. The van der Waals surface area contributed by atoms with E-state index in [2.05, 4.69) is 13.8 Å². The number of hydrogen-bond donors (Lipinski definition) is 0. The van der Waals surface area contributed by atoms with Crippen LogP contribution in [0.3, 0.4) is 0 Å². The molecule has 14 heavy (non-hydrogen) atoms. The first-order valence-electron chi connectivity index (χ1n) is 5.12. The van der Waals surface area contributed by atoms with E-state index < -0.39 is 0 Å². The van der Waals surface area contributed by atoms with Gasteiger partial charge in [-0.2, -0.15) is 0 Å². The molecule has 0 aromatic carbocycles. The van der Waals surface area contributed by atoms with Gasteiger partial charge >= 0.3 is 0 Å². The summed E-state index contributed by atoms with van der Waals surface area (Å²) in [5.41, 5.74) is 0. The fourth-order valence-electron chi connectivity index (χ4n) is 1.65. The number of hydrogen-bond acceptors (Lipinski definition) is 2. The molecule has 0 aliphatic carbocycles. The molecule has 78 valence electrons. The van der Waals surface area contributed by atoms with Gasteiger partial charge in [0, 0.05) is 12.3 Å². The molecule has 0 N–H and O–H groups in total. The Balaban J connectivity index is 2.52. The second-order valence-electron chi connectivity index (χ2n) is 4.24. The van der Waals surface area contributed by atoms with E-state index in [1.165, 1.54) is 0 Å². The number of carbonyl (C=O) groups excluding carboxylic acids is 1. The van der Waals surface area contributed by atoms with Crippen LogP contribution in [-0.2, 0) is 11.2 Å². The van der Waals surface area contributed by atoms with Crippen molar-refractivity contribution in [2.24, 2.45) is 11.8 Å². The molecular weight excluding hydrogens is 176 g/mol. The van der Waals surface area contributed by atoms with Crippen LogP contribution >= 0.6 is 0 Å². The third-order valence-electron chi connectivity index (χ3n) is 2.23. The number of carbonyl (C=O) groups is 1. The maximum Gasteiger partial charge on any atom is 0.123 e. The van der Waals surface area contributed by atoms with Gasteiger partial charge in [0.05, 0.1) is 0 Å². The van der Waals surface area contributed by atoms with Crippen LogP contribution in [0.2, 0.25) is 0 Å². The maximum atomic E-state index is 10.8. The van der Waals surface area contributed by atoms with Crippen molar-refractivity contribution in [2.75, 3.05) is 0 Å². The minimum atomic E-state index is 0.0977. The monoisotopic (exact) mass is 194 g/mol. The molecular formula is C12H18O2. The third kappa shape index (κ3) is 3.36. The van der Waals surface area contributed by atoms with Gasteiger partial charge in [0.1, 0.15) is 17.8 Å². The Kier molecular flexibility index (Phi) is 3.93. The summed E-state index contributed by atoms with van der Waals surface area (Å²) in [5.74, 6) is 2.48. The van der Waals surface area contributed by atoms with E-state index in [9.17, 15) is 4.79 Å². The van der Waals surface area contributed by atoms with Gasteiger partial charge in [-0.25, -0.2) is 0 Å². The van der Waals surface area contributed by atoms with Crippen LogP contribution in [0.15, 0.2) is 16.5 Å². The number of aryl methyl sites for hydroxylation is 1. The van der Waals surface area contributed by atoms with Crippen molar-refractivity contribution in [3.63, 3.8) is 0 Å². The molecule has 1 unspecified atom stereocenters. The Morgan fingerprint density at radius 2 is 2.14 bits per heavy atom. The summed E-state index contributed by atoms with van der Waals surface area (Å²) in [7, 11) is 0. The molecule has 2 nitrogen and oxygen atoms in total. The van der Waals surface area contributed by atoms with Gasteiger partial charge in [-0.15, -0.1) is 0 Å². The molecule has 0 aliphatic heterocycles. The smallest absolute Gasteiger partial charge is 0.123 e. The lowest BCUT2D eigenvalue weighted by molar-refractivity contribution is -0.111. The molecule has 0 radical (unpaired) electrons. The minimum absolute atomic E-state index is 0.0977. The van der Waals surface area contributed by atoms with Gasteiger partial charge in [-0.05, 0) is 31.4 Å². The zero-order valence-electron chi connectivity index (χ0n) is 9.12. The third-order valence-corrected chi connectivity index (χ3v) is 2.23. The van der Waals surface area contributed by atoms with Crippen LogP contribution in [0.1, 0.15) is 31.8 Å². The highest BCUT2D eigenvalue weighted by atomic mass is 16.3. The van der Waals surface area contributed by atoms with Crippen molar-refractivity contribution in [1.82, 2.24) is 0 Å². The molecule has 1 aromatic heterocycles. The van der Waals surface area contributed by atoms with Gasteiger partial charge in [-0.3, -0.25) is 0 Å². The van der Waals surface area contributed by atoms with Gasteiger partial charge in [0.25, 0.3) is 0 Å². The Bertz CT molecular complexity index is 286. The summed E-state index contributed by atoms with van der Waals surface area (Å²) in [6, 6.07) is 3.89. The average Bonchev–Trinajstić information content (AvgIpc) is 2.49. The Morgan fingerprint density at radius 3 is 2.57 bits per heavy atom. The summed E-state index contributed by atoms with van der Waals surface area (Å²) in [6.07, 6.45) is 2.70. The predicted molar refractivity (Wildman–Crippen MR) is 56.2 cm³/mol. The van der Waals surface area contributed by atoms with Crippen LogP contribution in [-0.4, -0.2) is 6.29 Å². The van der Waals surface area contributed by atoms with E-state index in [1.807, 2.05) is 19.1 Å². The average molecular weight is 194 g/mol. The van der Waals surface area contributed by atoms with E-state index in [4.69, 9.17) is 4.42 Å². The van der Waals surface area contributed by atoms with Crippen molar-refractivity contribution < 1.29 is 9.21 Å². The molecule has 0 bridgehead atoms. The standard InChI is InChI=1S/C12H18O2/c1-9(2)6-11(8-13)7-12-5-4-10(3)14-12/h4-5,8-9,11H,6-7H2,1-3H3.